The van der Waals surface area contributed by atoms with E-state index in [1.807, 2.05) is 24.3 Å². The lowest BCUT2D eigenvalue weighted by atomic mass is 9.82. The van der Waals surface area contributed by atoms with E-state index in [2.05, 4.69) is 0 Å². The fourth-order valence-corrected chi connectivity index (χ4v) is 3.53. The minimum atomic E-state index is -0.808. The largest absolute Gasteiger partial charge is 0.466 e. The lowest BCUT2D eigenvalue weighted by molar-refractivity contribution is -0.141. The van der Waals surface area contributed by atoms with Gasteiger partial charge in [0.1, 0.15) is 11.3 Å². The van der Waals surface area contributed by atoms with Gasteiger partial charge in [-0.15, -0.1) is 0 Å². The normalized spacial score (nSPS) is 20.4. The molecule has 0 saturated carbocycles. The third kappa shape index (κ3) is 3.28. The summed E-state index contributed by atoms with van der Waals surface area (Å²) in [7, 11) is 2.43. The molecule has 0 radical (unpaired) electrons. The van der Waals surface area contributed by atoms with Crippen LogP contribution in [0, 0.1) is 0 Å². The molecule has 3 aliphatic rings. The number of methoxy groups -OCH3 is 2. The number of rotatable bonds is 2. The summed E-state index contributed by atoms with van der Waals surface area (Å²) < 4.78 is 15.4. The predicted octanol–water partition coefficient (Wildman–Crippen LogP) is 3.23. The van der Waals surface area contributed by atoms with Crippen LogP contribution in [-0.2, 0) is 23.8 Å². The Labute approximate surface area is 163 Å². The third-order valence-corrected chi connectivity index (χ3v) is 4.60. The first-order chi connectivity index (χ1) is 13.2. The molecule has 2 bridgehead atoms. The number of amides is 1. The lowest BCUT2D eigenvalue weighted by Crippen LogP contribution is -2.41. The van der Waals surface area contributed by atoms with Crippen molar-refractivity contribution in [1.82, 2.24) is 4.90 Å². The Kier molecular flexibility index (Phi) is 5.02. The molecule has 1 amide bonds. The highest BCUT2D eigenvalue weighted by Gasteiger charge is 2.46. The maximum Gasteiger partial charge on any atom is 0.415 e. The highest BCUT2D eigenvalue weighted by atomic mass is 16.6. The zero-order valence-corrected chi connectivity index (χ0v) is 16.5. The minimum absolute atomic E-state index is 0.0453. The van der Waals surface area contributed by atoms with Gasteiger partial charge in [0.05, 0.1) is 25.8 Å². The van der Waals surface area contributed by atoms with Crippen molar-refractivity contribution in [2.24, 2.45) is 0 Å². The van der Waals surface area contributed by atoms with Gasteiger partial charge in [0.25, 0.3) is 0 Å². The predicted molar refractivity (Wildman–Crippen MR) is 100 cm³/mol. The second kappa shape index (κ2) is 7.14. The Balaban J connectivity index is 2.30. The molecule has 0 saturated heterocycles. The van der Waals surface area contributed by atoms with Crippen LogP contribution in [-0.4, -0.2) is 42.8 Å². The van der Waals surface area contributed by atoms with Crippen LogP contribution in [0.4, 0.5) is 4.79 Å². The summed E-state index contributed by atoms with van der Waals surface area (Å²) in [6, 6.07) is 6.81. The third-order valence-electron chi connectivity index (χ3n) is 4.60. The number of fused-ring (bicyclic) bond motifs is 1. The van der Waals surface area contributed by atoms with Crippen molar-refractivity contribution < 1.29 is 28.6 Å². The number of benzene rings is 1. The molecule has 148 valence electrons. The van der Waals surface area contributed by atoms with Gasteiger partial charge in [-0.25, -0.2) is 14.4 Å². The number of allylic oxidation sites excluding steroid dienone is 1. The van der Waals surface area contributed by atoms with E-state index in [0.717, 1.165) is 11.1 Å². The van der Waals surface area contributed by atoms with E-state index in [1.165, 1.54) is 19.1 Å². The average molecular weight is 385 g/mol. The molecule has 0 aromatic heterocycles. The lowest BCUT2D eigenvalue weighted by Gasteiger charge is -2.33. The van der Waals surface area contributed by atoms with Gasteiger partial charge in [-0.3, -0.25) is 4.90 Å². The molecule has 7 nitrogen and oxygen atoms in total. The zero-order chi connectivity index (χ0) is 20.6. The van der Waals surface area contributed by atoms with Crippen LogP contribution in [0.1, 0.15) is 43.9 Å². The van der Waals surface area contributed by atoms with Crippen LogP contribution in [0.3, 0.4) is 0 Å². The first kappa shape index (κ1) is 19.7. The van der Waals surface area contributed by atoms with E-state index in [4.69, 9.17) is 14.2 Å². The van der Waals surface area contributed by atoms with Crippen molar-refractivity contribution in [2.75, 3.05) is 14.2 Å². The van der Waals surface area contributed by atoms with Gasteiger partial charge in [0.15, 0.2) is 0 Å². The van der Waals surface area contributed by atoms with E-state index < -0.39 is 35.6 Å². The van der Waals surface area contributed by atoms with Crippen molar-refractivity contribution >= 4 is 18.0 Å². The number of nitrogens with zero attached hydrogens (tertiary/aromatic N) is 1. The molecule has 1 aromatic rings. The molecule has 7 heteroatoms. The van der Waals surface area contributed by atoms with Crippen molar-refractivity contribution in [3.8, 4) is 0 Å². The average Bonchev–Trinajstić information content (AvgIpc) is 2.90. The first-order valence-corrected chi connectivity index (χ1v) is 8.89. The molecular weight excluding hydrogens is 362 g/mol. The Morgan fingerprint density at radius 3 is 2.11 bits per heavy atom. The summed E-state index contributed by atoms with van der Waals surface area (Å²) >= 11 is 0. The van der Waals surface area contributed by atoms with Crippen molar-refractivity contribution in [2.45, 2.75) is 38.3 Å². The molecular formula is C21H23NO6. The minimum Gasteiger partial charge on any atom is -0.466 e. The van der Waals surface area contributed by atoms with E-state index in [1.54, 1.807) is 32.9 Å². The zero-order valence-electron chi connectivity index (χ0n) is 16.5. The summed E-state index contributed by atoms with van der Waals surface area (Å²) in [6.45, 7) is 5.19. The van der Waals surface area contributed by atoms with Gasteiger partial charge in [-0.2, -0.15) is 0 Å². The van der Waals surface area contributed by atoms with E-state index in [-0.39, 0.29) is 11.3 Å². The molecule has 0 spiro atoms. The van der Waals surface area contributed by atoms with E-state index >= 15 is 0 Å². The molecule has 4 rings (SSSR count). The van der Waals surface area contributed by atoms with Gasteiger partial charge in [-0.1, -0.05) is 36.4 Å². The van der Waals surface area contributed by atoms with Crippen LogP contribution in [0.25, 0.3) is 0 Å². The smallest absolute Gasteiger partial charge is 0.415 e. The number of hydrogen-bond donors (Lipinski definition) is 0. The fourth-order valence-electron chi connectivity index (χ4n) is 3.53. The number of esters is 2. The van der Waals surface area contributed by atoms with E-state index in [9.17, 15) is 14.4 Å². The summed E-state index contributed by atoms with van der Waals surface area (Å²) in [5.74, 6) is -2.06. The number of ether oxygens (including phenoxy) is 3. The number of carbonyl (C=O) groups excluding carboxylic acids is 3. The van der Waals surface area contributed by atoms with Crippen molar-refractivity contribution in [3.05, 3.63) is 58.8 Å². The molecule has 28 heavy (non-hydrogen) atoms. The molecule has 2 aliphatic heterocycles. The van der Waals surface area contributed by atoms with Crippen LogP contribution in [0.15, 0.2) is 47.7 Å². The molecule has 0 unspecified atom stereocenters. The molecule has 2 atom stereocenters. The summed E-state index contributed by atoms with van der Waals surface area (Å²) in [6.07, 6.45) is 2.84. The van der Waals surface area contributed by atoms with Gasteiger partial charge >= 0.3 is 18.0 Å². The maximum atomic E-state index is 13.1. The Morgan fingerprint density at radius 2 is 1.54 bits per heavy atom. The summed E-state index contributed by atoms with van der Waals surface area (Å²) in [4.78, 5) is 39.7. The molecule has 0 N–H and O–H groups in total. The van der Waals surface area contributed by atoms with Gasteiger partial charge in [-0.05, 0) is 31.9 Å². The molecule has 2 heterocycles. The maximum absolute atomic E-state index is 13.1. The number of carbonyl (C=O) groups is 3. The topological polar surface area (TPSA) is 82.1 Å². The standard InChI is InChI=1S/C21H23NO6/c1-21(2,3)28-20(25)22-15-11-10-14(12-8-6-7-9-13(12)15)16(18(23)26-4)17(22)19(24)27-5/h6-11,14-15H,1-5H3/t14-,15+/m1/s1. The Morgan fingerprint density at radius 1 is 0.929 bits per heavy atom. The second-order valence-electron chi connectivity index (χ2n) is 7.53. The van der Waals surface area contributed by atoms with Crippen LogP contribution in [0.2, 0.25) is 0 Å². The van der Waals surface area contributed by atoms with Crippen LogP contribution < -0.4 is 0 Å². The van der Waals surface area contributed by atoms with E-state index in [0.29, 0.717) is 0 Å². The fraction of sp³-hybridized carbons (Fsp3) is 0.381. The van der Waals surface area contributed by atoms with Gasteiger partial charge in [0.2, 0.25) is 0 Å². The monoisotopic (exact) mass is 385 g/mol. The highest BCUT2D eigenvalue weighted by Crippen LogP contribution is 2.46. The Bertz CT molecular complexity index is 892. The molecule has 1 aliphatic carbocycles. The van der Waals surface area contributed by atoms with Crippen molar-refractivity contribution in [1.29, 1.82) is 0 Å². The van der Waals surface area contributed by atoms with Gasteiger partial charge in [0, 0.05) is 5.92 Å². The quantitative estimate of drug-likeness (QED) is 0.442. The SMILES string of the molecule is COC(=O)C1=C(C(=O)OC)N(C(=O)OC(C)(C)C)[C@H]2C=C[C@@H]1c1ccccc12. The summed E-state index contributed by atoms with van der Waals surface area (Å²) in [5, 5.41) is 0. The first-order valence-electron chi connectivity index (χ1n) is 8.89. The highest BCUT2D eigenvalue weighted by molar-refractivity contribution is 6.04. The summed E-state index contributed by atoms with van der Waals surface area (Å²) in [5.41, 5.74) is 0.713. The van der Waals surface area contributed by atoms with Crippen LogP contribution >= 0.6 is 0 Å². The number of hydrogen-bond acceptors (Lipinski definition) is 6. The van der Waals surface area contributed by atoms with Crippen molar-refractivity contribution in [3.63, 3.8) is 0 Å². The molecule has 1 aromatic carbocycles. The van der Waals surface area contributed by atoms with Crippen LogP contribution in [0.5, 0.6) is 0 Å². The molecule has 0 fully saturated rings. The Hall–Kier alpha value is -3.09. The second-order valence-corrected chi connectivity index (χ2v) is 7.53. The van der Waals surface area contributed by atoms with Gasteiger partial charge < -0.3 is 14.2 Å².